The van der Waals surface area contributed by atoms with Crippen LogP contribution in [-0.4, -0.2) is 42.2 Å². The van der Waals surface area contributed by atoms with Crippen molar-refractivity contribution in [3.05, 3.63) is 28.5 Å². The van der Waals surface area contributed by atoms with Crippen LogP contribution in [0.1, 0.15) is 62.8 Å². The minimum absolute atomic E-state index is 0.00694. The third kappa shape index (κ3) is 8.06. The standard InChI is InChI=1S/C21H34ClN5.2ClH.Mn/c22-15-11-16-13-25-20-7-3-1-5-18(20)23-9-10-24-19-6-2-4-8-21(19)26-14-17(12-15)27-16;;;/h11-12,18-21,23-26H,1-10,13-14H2;2*1H;/q;;;+2/p-2/t18-,19-,20-,21-;;;/m1.../s1. The zero-order valence-electron chi connectivity index (χ0n) is 17.4. The van der Waals surface area contributed by atoms with Gasteiger partial charge in [0.05, 0.1) is 11.4 Å². The molecule has 0 aromatic carbocycles. The van der Waals surface area contributed by atoms with Crippen molar-refractivity contribution in [2.45, 2.75) is 88.6 Å². The van der Waals surface area contributed by atoms with Gasteiger partial charge >= 0.3 is 33.3 Å². The summed E-state index contributed by atoms with van der Waals surface area (Å²) in [7, 11) is 9.59. The van der Waals surface area contributed by atoms with Crippen LogP contribution >= 0.6 is 31.8 Å². The number of hydrogen-bond donors (Lipinski definition) is 4. The van der Waals surface area contributed by atoms with Crippen LogP contribution in [0.25, 0.3) is 0 Å². The van der Waals surface area contributed by atoms with Gasteiger partial charge in [-0.1, -0.05) is 37.3 Å². The minimum atomic E-state index is 0.00694. The van der Waals surface area contributed by atoms with E-state index in [9.17, 15) is 0 Å². The zero-order chi connectivity index (χ0) is 21.2. The molecule has 4 atom stereocenters. The van der Waals surface area contributed by atoms with Crippen molar-refractivity contribution < 1.29 is 13.1 Å². The van der Waals surface area contributed by atoms with Crippen LogP contribution < -0.4 is 21.3 Å². The number of pyridine rings is 1. The molecule has 1 aromatic rings. The van der Waals surface area contributed by atoms with E-state index in [-0.39, 0.29) is 13.1 Å². The van der Waals surface area contributed by atoms with E-state index in [2.05, 4.69) is 21.3 Å². The van der Waals surface area contributed by atoms with Crippen molar-refractivity contribution in [1.29, 1.82) is 0 Å². The number of nitrogens with one attached hydrogen (secondary N) is 4. The summed E-state index contributed by atoms with van der Waals surface area (Å²) in [6.45, 7) is 3.68. The first-order chi connectivity index (χ1) is 14.7. The van der Waals surface area contributed by atoms with Crippen LogP contribution in [-0.2, 0) is 26.2 Å². The second kappa shape index (κ2) is 13.8. The summed E-state index contributed by atoms with van der Waals surface area (Å²) in [5.41, 5.74) is 2.11. The Morgan fingerprint density at radius 3 is 1.47 bits per heavy atom. The normalized spacial score (nSPS) is 30.5. The molecular formula is C21H34Cl3MnN5. The maximum absolute atomic E-state index is 6.39. The molecule has 0 saturated heterocycles. The summed E-state index contributed by atoms with van der Waals surface area (Å²) in [6.07, 6.45) is 10.3. The Kier molecular flexibility index (Phi) is 11.5. The van der Waals surface area contributed by atoms with Crippen LogP contribution in [0.2, 0.25) is 5.02 Å². The van der Waals surface area contributed by atoms with Gasteiger partial charge < -0.3 is 21.3 Å². The Morgan fingerprint density at radius 1 is 0.700 bits per heavy atom. The van der Waals surface area contributed by atoms with E-state index in [4.69, 9.17) is 36.8 Å². The summed E-state index contributed by atoms with van der Waals surface area (Å²) in [5.74, 6) is 0. The number of hydrogen-bond acceptors (Lipinski definition) is 5. The Bertz CT molecular complexity index is 590. The van der Waals surface area contributed by atoms with Crippen molar-refractivity contribution >= 4 is 31.8 Å². The van der Waals surface area contributed by atoms with Crippen molar-refractivity contribution in [1.82, 2.24) is 26.3 Å². The topological polar surface area (TPSA) is 61.0 Å². The molecule has 1 aromatic heterocycles. The van der Waals surface area contributed by atoms with E-state index in [1.54, 1.807) is 0 Å². The third-order valence-electron chi connectivity index (χ3n) is 6.46. The second-order valence-corrected chi connectivity index (χ2v) is 10.9. The third-order valence-corrected chi connectivity index (χ3v) is 6.68. The molecule has 2 aliphatic carbocycles. The van der Waals surface area contributed by atoms with Gasteiger partial charge in [0.25, 0.3) is 0 Å². The number of halogens is 3. The molecule has 0 amide bonds. The first-order valence-electron chi connectivity index (χ1n) is 11.2. The fourth-order valence-corrected chi connectivity index (χ4v) is 5.27. The molecule has 2 heterocycles. The second-order valence-electron chi connectivity index (χ2n) is 8.49. The summed E-state index contributed by atoms with van der Waals surface area (Å²) in [6, 6.07) is 6.18. The Balaban J connectivity index is 0.000000806. The molecule has 0 spiro atoms. The van der Waals surface area contributed by atoms with Gasteiger partial charge in [0.15, 0.2) is 0 Å². The van der Waals surface area contributed by atoms with Crippen LogP contribution in [0.5, 0.6) is 0 Å². The van der Waals surface area contributed by atoms with Gasteiger partial charge in [0, 0.05) is 55.4 Å². The summed E-state index contributed by atoms with van der Waals surface area (Å²) >= 11 is 6.40. The van der Waals surface area contributed by atoms with Crippen LogP contribution in [0.15, 0.2) is 12.1 Å². The van der Waals surface area contributed by atoms with E-state index in [1.807, 2.05) is 12.1 Å². The molecule has 2 saturated carbocycles. The van der Waals surface area contributed by atoms with Gasteiger partial charge in [0.1, 0.15) is 0 Å². The molecule has 0 radical (unpaired) electrons. The maximum atomic E-state index is 6.39. The van der Waals surface area contributed by atoms with Gasteiger partial charge in [-0.3, -0.25) is 4.98 Å². The van der Waals surface area contributed by atoms with E-state index >= 15 is 0 Å². The molecule has 2 bridgehead atoms. The summed E-state index contributed by atoms with van der Waals surface area (Å²) < 4.78 is 0. The van der Waals surface area contributed by atoms with Crippen molar-refractivity contribution in [2.24, 2.45) is 0 Å². The Labute approximate surface area is 200 Å². The molecule has 2 fully saturated rings. The molecular weight excluding hydrogens is 484 g/mol. The van der Waals surface area contributed by atoms with E-state index in [0.29, 0.717) is 24.2 Å². The summed E-state index contributed by atoms with van der Waals surface area (Å²) in [4.78, 5) is 4.87. The molecule has 3 aliphatic rings. The van der Waals surface area contributed by atoms with E-state index < -0.39 is 0 Å². The molecule has 5 nitrogen and oxygen atoms in total. The van der Waals surface area contributed by atoms with E-state index in [0.717, 1.165) is 42.6 Å². The van der Waals surface area contributed by atoms with Crippen molar-refractivity contribution in [3.8, 4) is 0 Å². The van der Waals surface area contributed by atoms with Crippen LogP contribution in [0, 0.1) is 0 Å². The SMILES string of the molecule is Clc1cc2nc(c1)CN[C@@H]1CCCC[C@H]1NCCN[C@@H]1CCCC[C@H]1NC2.[Cl][Mn][Cl]. The predicted octanol–water partition coefficient (Wildman–Crippen LogP) is 4.11. The van der Waals surface area contributed by atoms with Gasteiger partial charge in [-0.25, -0.2) is 0 Å². The van der Waals surface area contributed by atoms with Crippen LogP contribution in [0.4, 0.5) is 0 Å². The number of nitrogens with zero attached hydrogens (tertiary/aromatic N) is 1. The van der Waals surface area contributed by atoms with Gasteiger partial charge in [-0.2, -0.15) is 0 Å². The van der Waals surface area contributed by atoms with Gasteiger partial charge in [0.2, 0.25) is 0 Å². The summed E-state index contributed by atoms with van der Waals surface area (Å²) in [5, 5.41) is 15.9. The van der Waals surface area contributed by atoms with Gasteiger partial charge in [-0.15, -0.1) is 0 Å². The first-order valence-corrected chi connectivity index (χ1v) is 14.8. The Morgan fingerprint density at radius 2 is 1.07 bits per heavy atom. The molecule has 4 N–H and O–H groups in total. The molecule has 30 heavy (non-hydrogen) atoms. The molecule has 0 unspecified atom stereocenters. The zero-order valence-corrected chi connectivity index (χ0v) is 20.9. The first kappa shape index (κ1) is 25.0. The fourth-order valence-electron chi connectivity index (χ4n) is 5.02. The number of fused-ring (bicyclic) bond motifs is 4. The molecule has 171 valence electrons. The average Bonchev–Trinajstić information content (AvgIpc) is 2.75. The monoisotopic (exact) mass is 516 g/mol. The number of aromatic nitrogens is 1. The Hall–Kier alpha value is 0.379. The quantitative estimate of drug-likeness (QED) is 0.390. The molecule has 4 rings (SSSR count). The molecule has 1 aliphatic heterocycles. The average molecular weight is 518 g/mol. The fraction of sp³-hybridized carbons (Fsp3) is 0.762. The van der Waals surface area contributed by atoms with Crippen LogP contribution in [0.3, 0.4) is 0 Å². The van der Waals surface area contributed by atoms with Gasteiger partial charge in [-0.05, 0) is 37.8 Å². The number of rotatable bonds is 0. The predicted molar refractivity (Wildman–Crippen MR) is 123 cm³/mol. The molecule has 9 heteroatoms. The van der Waals surface area contributed by atoms with E-state index in [1.165, 1.54) is 51.4 Å². The van der Waals surface area contributed by atoms with Crippen molar-refractivity contribution in [3.63, 3.8) is 0 Å². The van der Waals surface area contributed by atoms with Crippen molar-refractivity contribution in [2.75, 3.05) is 13.1 Å².